The largest absolute Gasteiger partial charge is 0.462 e. The summed E-state index contributed by atoms with van der Waals surface area (Å²) < 4.78 is 10.7. The number of hydrogen-bond donors (Lipinski definition) is 0. The summed E-state index contributed by atoms with van der Waals surface area (Å²) in [4.78, 5) is 24.7. The minimum atomic E-state index is -0.444. The molecule has 4 rings (SSSR count). The Morgan fingerprint density at radius 2 is 0.696 bits per heavy atom. The zero-order valence-electron chi connectivity index (χ0n) is 27.9. The summed E-state index contributed by atoms with van der Waals surface area (Å²) >= 11 is 0. The van der Waals surface area contributed by atoms with Crippen LogP contribution in [0.4, 0.5) is 0 Å². The van der Waals surface area contributed by atoms with E-state index in [1.54, 1.807) is 24.3 Å². The standard InChI is InChI=1S/C24H38O4.C18H14/c1-3-5-7-9-11-15-19-27-23(25)21-17-13-14-18-22(21)24(26)28-20-16-12-10-8-6-4-2;1-3-7-15(8-4-1)17-11-13-18(14-12-17)16-9-5-2-6-10-16/h13-14,17-18H,3-12,15-16,19-20H2,1-2H3;1-14H. The van der Waals surface area contributed by atoms with Gasteiger partial charge < -0.3 is 9.47 Å². The van der Waals surface area contributed by atoms with Crippen molar-refractivity contribution < 1.29 is 19.1 Å². The van der Waals surface area contributed by atoms with Crippen LogP contribution in [0.5, 0.6) is 0 Å². The molecule has 0 aromatic heterocycles. The van der Waals surface area contributed by atoms with Gasteiger partial charge in [0.05, 0.1) is 24.3 Å². The van der Waals surface area contributed by atoms with E-state index in [-0.39, 0.29) is 0 Å². The summed E-state index contributed by atoms with van der Waals surface area (Å²) in [5.74, 6) is -0.888. The first-order valence-corrected chi connectivity index (χ1v) is 17.3. The molecule has 0 atom stereocenters. The number of carbonyl (C=O) groups excluding carboxylic acids is 2. The second-order valence-electron chi connectivity index (χ2n) is 11.7. The molecule has 0 N–H and O–H groups in total. The third kappa shape index (κ3) is 13.4. The second-order valence-corrected chi connectivity index (χ2v) is 11.7. The van der Waals surface area contributed by atoms with Crippen molar-refractivity contribution in [2.75, 3.05) is 13.2 Å². The van der Waals surface area contributed by atoms with Crippen LogP contribution >= 0.6 is 0 Å². The maximum atomic E-state index is 12.4. The second kappa shape index (κ2) is 22.3. The highest BCUT2D eigenvalue weighted by Crippen LogP contribution is 2.24. The molecule has 0 fully saturated rings. The van der Waals surface area contributed by atoms with Crippen LogP contribution in [0.2, 0.25) is 0 Å². The molecule has 0 amide bonds. The smallest absolute Gasteiger partial charge is 0.339 e. The molecular formula is C42H52O4. The van der Waals surface area contributed by atoms with E-state index in [2.05, 4.69) is 86.6 Å². The first-order chi connectivity index (χ1) is 22.6. The average Bonchev–Trinajstić information content (AvgIpc) is 3.12. The van der Waals surface area contributed by atoms with Gasteiger partial charge in [0.15, 0.2) is 0 Å². The van der Waals surface area contributed by atoms with Crippen LogP contribution in [0.3, 0.4) is 0 Å². The summed E-state index contributed by atoms with van der Waals surface area (Å²) in [5.41, 5.74) is 5.63. The Hall–Kier alpha value is -4.18. The molecule has 0 aliphatic rings. The lowest BCUT2D eigenvalue weighted by Crippen LogP contribution is -2.15. The van der Waals surface area contributed by atoms with Crippen molar-refractivity contribution in [3.8, 4) is 22.3 Å². The maximum absolute atomic E-state index is 12.4. The lowest BCUT2D eigenvalue weighted by molar-refractivity contribution is 0.0450. The molecule has 0 radical (unpaired) electrons. The number of esters is 2. The van der Waals surface area contributed by atoms with Crippen LogP contribution in [0.25, 0.3) is 22.3 Å². The van der Waals surface area contributed by atoms with Gasteiger partial charge in [-0.1, -0.05) is 175 Å². The Bertz CT molecular complexity index is 1270. The Morgan fingerprint density at radius 1 is 0.391 bits per heavy atom. The Labute approximate surface area is 277 Å². The van der Waals surface area contributed by atoms with Gasteiger partial charge in [-0.3, -0.25) is 0 Å². The van der Waals surface area contributed by atoms with E-state index in [0.717, 1.165) is 25.7 Å². The average molecular weight is 621 g/mol. The quantitative estimate of drug-likeness (QED) is 0.0820. The maximum Gasteiger partial charge on any atom is 0.339 e. The van der Waals surface area contributed by atoms with E-state index in [1.165, 1.54) is 73.6 Å². The fraction of sp³-hybridized carbons (Fsp3) is 0.381. The van der Waals surface area contributed by atoms with Gasteiger partial charge in [0.25, 0.3) is 0 Å². The van der Waals surface area contributed by atoms with Crippen molar-refractivity contribution in [3.63, 3.8) is 0 Å². The topological polar surface area (TPSA) is 52.6 Å². The van der Waals surface area contributed by atoms with E-state index < -0.39 is 11.9 Å². The highest BCUT2D eigenvalue weighted by atomic mass is 16.5. The third-order valence-corrected chi connectivity index (χ3v) is 7.93. The van der Waals surface area contributed by atoms with Gasteiger partial charge in [-0.05, 0) is 47.2 Å². The molecule has 0 aliphatic heterocycles. The van der Waals surface area contributed by atoms with E-state index >= 15 is 0 Å². The molecule has 4 aromatic rings. The SMILES string of the molecule is CCCCCCCCOC(=O)c1ccccc1C(=O)OCCCCCCCC.c1ccc(-c2ccc(-c3ccccc3)cc2)cc1. The third-order valence-electron chi connectivity index (χ3n) is 7.93. The summed E-state index contributed by atoms with van der Waals surface area (Å²) in [5, 5.41) is 0. The number of carbonyl (C=O) groups is 2. The van der Waals surface area contributed by atoms with Gasteiger partial charge in [0.2, 0.25) is 0 Å². The molecule has 4 heteroatoms. The first-order valence-electron chi connectivity index (χ1n) is 17.3. The van der Waals surface area contributed by atoms with Gasteiger partial charge in [0, 0.05) is 0 Å². The van der Waals surface area contributed by atoms with E-state index in [0.29, 0.717) is 24.3 Å². The highest BCUT2D eigenvalue weighted by Gasteiger charge is 2.18. The van der Waals surface area contributed by atoms with Gasteiger partial charge >= 0.3 is 11.9 Å². The molecule has 0 saturated heterocycles. The van der Waals surface area contributed by atoms with Crippen LogP contribution in [0, 0.1) is 0 Å². The van der Waals surface area contributed by atoms with E-state index in [9.17, 15) is 9.59 Å². The number of ether oxygens (including phenoxy) is 2. The summed E-state index contributed by atoms with van der Waals surface area (Å²) in [6.07, 6.45) is 13.6. The molecule has 0 heterocycles. The van der Waals surface area contributed by atoms with Crippen LogP contribution in [0.15, 0.2) is 109 Å². The molecule has 4 nitrogen and oxygen atoms in total. The zero-order chi connectivity index (χ0) is 32.7. The van der Waals surface area contributed by atoms with Crippen molar-refractivity contribution in [3.05, 3.63) is 120 Å². The number of benzene rings is 4. The molecular weight excluding hydrogens is 568 g/mol. The van der Waals surface area contributed by atoms with Crippen LogP contribution in [-0.4, -0.2) is 25.2 Å². The van der Waals surface area contributed by atoms with Crippen molar-refractivity contribution >= 4 is 11.9 Å². The summed E-state index contributed by atoms with van der Waals surface area (Å²) in [6, 6.07) is 36.4. The molecule has 244 valence electrons. The fourth-order valence-electron chi connectivity index (χ4n) is 5.21. The van der Waals surface area contributed by atoms with E-state index in [1.807, 2.05) is 12.1 Å². The number of unbranched alkanes of at least 4 members (excludes halogenated alkanes) is 10. The summed E-state index contributed by atoms with van der Waals surface area (Å²) in [7, 11) is 0. The lowest BCUT2D eigenvalue weighted by Gasteiger charge is -2.10. The van der Waals surface area contributed by atoms with Crippen molar-refractivity contribution in [2.45, 2.75) is 90.9 Å². The molecule has 0 unspecified atom stereocenters. The minimum Gasteiger partial charge on any atom is -0.462 e. The Kier molecular flexibility index (Phi) is 17.6. The minimum absolute atomic E-state index is 0.293. The van der Waals surface area contributed by atoms with Crippen LogP contribution in [-0.2, 0) is 9.47 Å². The highest BCUT2D eigenvalue weighted by molar-refractivity contribution is 6.03. The monoisotopic (exact) mass is 620 g/mol. The van der Waals surface area contributed by atoms with Crippen molar-refractivity contribution in [2.24, 2.45) is 0 Å². The normalized spacial score (nSPS) is 10.5. The van der Waals surface area contributed by atoms with Crippen LogP contribution < -0.4 is 0 Å². The number of rotatable bonds is 18. The Balaban J connectivity index is 0.000000272. The summed E-state index contributed by atoms with van der Waals surface area (Å²) in [6.45, 7) is 5.17. The predicted molar refractivity (Wildman–Crippen MR) is 191 cm³/mol. The zero-order valence-corrected chi connectivity index (χ0v) is 27.9. The molecule has 0 saturated carbocycles. The van der Waals surface area contributed by atoms with Gasteiger partial charge in [-0.15, -0.1) is 0 Å². The van der Waals surface area contributed by atoms with Gasteiger partial charge in [-0.25, -0.2) is 9.59 Å². The van der Waals surface area contributed by atoms with Crippen molar-refractivity contribution in [1.29, 1.82) is 0 Å². The molecule has 0 bridgehead atoms. The fourth-order valence-corrected chi connectivity index (χ4v) is 5.21. The van der Waals surface area contributed by atoms with Crippen LogP contribution in [0.1, 0.15) is 112 Å². The molecule has 0 spiro atoms. The van der Waals surface area contributed by atoms with Gasteiger partial charge in [0.1, 0.15) is 0 Å². The molecule has 46 heavy (non-hydrogen) atoms. The van der Waals surface area contributed by atoms with E-state index in [4.69, 9.17) is 9.47 Å². The lowest BCUT2D eigenvalue weighted by atomic mass is 10.0. The van der Waals surface area contributed by atoms with Crippen molar-refractivity contribution in [1.82, 2.24) is 0 Å². The predicted octanol–water partition coefficient (Wildman–Crippen LogP) is 11.7. The number of hydrogen-bond acceptors (Lipinski definition) is 4. The molecule has 4 aromatic carbocycles. The Morgan fingerprint density at radius 3 is 1.07 bits per heavy atom. The molecule has 0 aliphatic carbocycles. The van der Waals surface area contributed by atoms with Gasteiger partial charge in [-0.2, -0.15) is 0 Å². The first kappa shape index (κ1) is 36.3.